The van der Waals surface area contributed by atoms with Crippen molar-refractivity contribution >= 4 is 18.4 Å². The second-order valence-electron chi connectivity index (χ2n) is 6.33. The van der Waals surface area contributed by atoms with Crippen molar-refractivity contribution in [2.75, 3.05) is 7.11 Å². The number of nitrogens with two attached hydrogens (primary N) is 1. The third-order valence-electron chi connectivity index (χ3n) is 4.61. The highest BCUT2D eigenvalue weighted by molar-refractivity contribution is 7.71. The summed E-state index contributed by atoms with van der Waals surface area (Å²) in [6.45, 7) is 0. The second-order valence-corrected chi connectivity index (χ2v) is 6.71. The minimum absolute atomic E-state index is 0.0232. The molecule has 1 aliphatic carbocycles. The maximum absolute atomic E-state index is 12.3. The van der Waals surface area contributed by atoms with Crippen molar-refractivity contribution in [2.24, 2.45) is 10.7 Å². The van der Waals surface area contributed by atoms with Crippen LogP contribution in [0, 0.1) is 4.77 Å². The van der Waals surface area contributed by atoms with Gasteiger partial charge in [-0.05, 0) is 37.2 Å². The molecule has 0 amide bonds. The molecule has 1 aromatic heterocycles. The Bertz CT molecular complexity index is 935. The highest BCUT2D eigenvalue weighted by Gasteiger charge is 2.21. The lowest BCUT2D eigenvalue weighted by Crippen LogP contribution is -2.36. The maximum atomic E-state index is 12.3. The molecular weight excluding hydrogens is 352 g/mol. The molecule has 0 spiro atoms. The van der Waals surface area contributed by atoms with E-state index in [9.17, 15) is 9.90 Å². The molecule has 1 heterocycles. The van der Waals surface area contributed by atoms with Crippen molar-refractivity contribution in [3.8, 4) is 17.3 Å². The Labute approximate surface area is 156 Å². The second kappa shape index (κ2) is 7.84. The predicted octanol–water partition coefficient (Wildman–Crippen LogP) is 2.30. The zero-order valence-electron chi connectivity index (χ0n) is 14.5. The summed E-state index contributed by atoms with van der Waals surface area (Å²) in [5.41, 5.74) is 6.24. The number of H-pyrrole nitrogens is 1. The Balaban J connectivity index is 2.04. The summed E-state index contributed by atoms with van der Waals surface area (Å²) in [4.78, 5) is 19.3. The molecule has 2 aromatic rings. The summed E-state index contributed by atoms with van der Waals surface area (Å²) >= 11 is 5.22. The van der Waals surface area contributed by atoms with Crippen molar-refractivity contribution in [1.82, 2.24) is 9.55 Å². The first kappa shape index (κ1) is 18.3. The van der Waals surface area contributed by atoms with Gasteiger partial charge < -0.3 is 15.6 Å². The Morgan fingerprint density at radius 2 is 2.19 bits per heavy atom. The van der Waals surface area contributed by atoms with Crippen LogP contribution in [0.5, 0.6) is 11.6 Å². The van der Waals surface area contributed by atoms with Gasteiger partial charge in [0.25, 0.3) is 5.56 Å². The number of methoxy groups -OCH3 is 1. The zero-order chi connectivity index (χ0) is 18.7. The summed E-state index contributed by atoms with van der Waals surface area (Å²) in [7, 11) is 1.55. The number of rotatable bonds is 4. The van der Waals surface area contributed by atoms with Crippen LogP contribution in [-0.2, 0) is 0 Å². The average Bonchev–Trinajstić information content (AvgIpc) is 2.63. The standard InChI is InChI=1S/C18H22N4O3S/c1-25-12-6-4-5-11(9-12)22-17(24)13(16(23)21-18(22)26)10-20-15-8-3-2-7-14(15)19/h4-6,9-10,14-15,24H,2-3,7-8,19H2,1H3,(H,21,23,26). The highest BCUT2D eigenvalue weighted by Crippen LogP contribution is 2.23. The number of aromatic hydroxyl groups is 1. The van der Waals surface area contributed by atoms with Gasteiger partial charge in [0.15, 0.2) is 4.77 Å². The molecule has 138 valence electrons. The summed E-state index contributed by atoms with van der Waals surface area (Å²) < 4.78 is 6.67. The summed E-state index contributed by atoms with van der Waals surface area (Å²) in [5, 5.41) is 10.7. The number of aromatic amines is 1. The van der Waals surface area contributed by atoms with Gasteiger partial charge in [0.1, 0.15) is 11.3 Å². The molecule has 0 radical (unpaired) electrons. The lowest BCUT2D eigenvalue weighted by atomic mass is 9.91. The van der Waals surface area contributed by atoms with E-state index in [2.05, 4.69) is 9.98 Å². The number of hydrogen-bond donors (Lipinski definition) is 3. The molecule has 0 aliphatic heterocycles. The fourth-order valence-electron chi connectivity index (χ4n) is 3.14. The van der Waals surface area contributed by atoms with Crippen molar-refractivity contribution in [1.29, 1.82) is 0 Å². The fourth-order valence-corrected chi connectivity index (χ4v) is 3.42. The molecule has 1 fully saturated rings. The van der Waals surface area contributed by atoms with E-state index < -0.39 is 5.56 Å². The van der Waals surface area contributed by atoms with Gasteiger partial charge in [0, 0.05) is 18.3 Å². The molecule has 2 unspecified atom stereocenters. The van der Waals surface area contributed by atoms with Crippen LogP contribution >= 0.6 is 12.2 Å². The molecule has 2 atom stereocenters. The zero-order valence-corrected chi connectivity index (χ0v) is 15.3. The van der Waals surface area contributed by atoms with Crippen LogP contribution in [-0.4, -0.2) is 40.1 Å². The van der Waals surface area contributed by atoms with Gasteiger partial charge in [-0.1, -0.05) is 18.9 Å². The van der Waals surface area contributed by atoms with Gasteiger partial charge in [-0.2, -0.15) is 0 Å². The smallest absolute Gasteiger partial charge is 0.264 e. The quantitative estimate of drug-likeness (QED) is 0.562. The molecule has 3 rings (SSSR count). The molecule has 0 bridgehead atoms. The summed E-state index contributed by atoms with van der Waals surface area (Å²) in [5.74, 6) is 0.346. The maximum Gasteiger partial charge on any atom is 0.264 e. The third-order valence-corrected chi connectivity index (χ3v) is 4.89. The molecule has 26 heavy (non-hydrogen) atoms. The first-order valence-corrected chi connectivity index (χ1v) is 8.93. The minimum Gasteiger partial charge on any atom is -0.497 e. The highest BCUT2D eigenvalue weighted by atomic mass is 32.1. The largest absolute Gasteiger partial charge is 0.497 e. The molecule has 4 N–H and O–H groups in total. The minimum atomic E-state index is -0.486. The fraction of sp³-hybridized carbons (Fsp3) is 0.389. The van der Waals surface area contributed by atoms with Crippen LogP contribution in [0.4, 0.5) is 0 Å². The predicted molar refractivity (Wildman–Crippen MR) is 103 cm³/mol. The number of nitrogens with one attached hydrogen (secondary N) is 1. The number of aromatic nitrogens is 2. The van der Waals surface area contributed by atoms with E-state index in [1.165, 1.54) is 10.8 Å². The van der Waals surface area contributed by atoms with Crippen molar-refractivity contribution in [3.63, 3.8) is 0 Å². The Morgan fingerprint density at radius 3 is 2.92 bits per heavy atom. The van der Waals surface area contributed by atoms with E-state index in [4.69, 9.17) is 22.7 Å². The molecule has 1 aliphatic rings. The van der Waals surface area contributed by atoms with Gasteiger partial charge in [0.2, 0.25) is 5.88 Å². The molecule has 0 saturated heterocycles. The Morgan fingerprint density at radius 1 is 1.42 bits per heavy atom. The van der Waals surface area contributed by atoms with Gasteiger partial charge in [0.05, 0.1) is 18.8 Å². The van der Waals surface area contributed by atoms with E-state index >= 15 is 0 Å². The van der Waals surface area contributed by atoms with Gasteiger partial charge >= 0.3 is 0 Å². The summed E-state index contributed by atoms with van der Waals surface area (Å²) in [6, 6.07) is 6.96. The van der Waals surface area contributed by atoms with Gasteiger partial charge in [-0.25, -0.2) is 0 Å². The van der Waals surface area contributed by atoms with Gasteiger partial charge in [-0.3, -0.25) is 19.3 Å². The lowest BCUT2D eigenvalue weighted by molar-refractivity contribution is 0.387. The monoisotopic (exact) mass is 374 g/mol. The van der Waals surface area contributed by atoms with Crippen molar-refractivity contribution < 1.29 is 9.84 Å². The number of aliphatic imine (C=N–C) groups is 1. The normalized spacial score (nSPS) is 20.4. The SMILES string of the molecule is COc1cccc(-n2c(O)c(C=NC3CCCCC3N)c(=O)[nH]c2=S)c1. The molecule has 1 aromatic carbocycles. The van der Waals surface area contributed by atoms with E-state index in [1.807, 2.05) is 0 Å². The van der Waals surface area contributed by atoms with Crippen LogP contribution in [0.15, 0.2) is 34.1 Å². The van der Waals surface area contributed by atoms with E-state index in [1.54, 1.807) is 31.4 Å². The van der Waals surface area contributed by atoms with Crippen LogP contribution in [0.1, 0.15) is 31.2 Å². The van der Waals surface area contributed by atoms with Gasteiger partial charge in [-0.15, -0.1) is 0 Å². The number of hydrogen-bond acceptors (Lipinski definition) is 6. The number of nitrogens with zero attached hydrogens (tertiary/aromatic N) is 2. The molecule has 1 saturated carbocycles. The molecule has 8 heteroatoms. The van der Waals surface area contributed by atoms with Crippen LogP contribution in [0.2, 0.25) is 0 Å². The molecular formula is C18H22N4O3S. The van der Waals surface area contributed by atoms with Crippen LogP contribution < -0.4 is 16.0 Å². The lowest BCUT2D eigenvalue weighted by Gasteiger charge is -2.25. The third kappa shape index (κ3) is 3.71. The Kier molecular flexibility index (Phi) is 5.53. The van der Waals surface area contributed by atoms with Crippen LogP contribution in [0.3, 0.4) is 0 Å². The van der Waals surface area contributed by atoms with E-state index in [-0.39, 0.29) is 28.3 Å². The topological polar surface area (TPSA) is 106 Å². The molecule has 7 nitrogen and oxygen atoms in total. The van der Waals surface area contributed by atoms with E-state index in [0.717, 1.165) is 25.7 Å². The average molecular weight is 374 g/mol. The summed E-state index contributed by atoms with van der Waals surface area (Å²) in [6.07, 6.45) is 5.35. The Hall–Kier alpha value is -2.45. The first-order valence-electron chi connectivity index (χ1n) is 8.52. The van der Waals surface area contributed by atoms with Crippen molar-refractivity contribution in [3.05, 3.63) is 45.0 Å². The number of benzene rings is 1. The number of ether oxygens (including phenoxy) is 1. The van der Waals surface area contributed by atoms with Crippen molar-refractivity contribution in [2.45, 2.75) is 37.8 Å². The van der Waals surface area contributed by atoms with E-state index in [0.29, 0.717) is 11.4 Å². The first-order chi connectivity index (χ1) is 12.5. The van der Waals surface area contributed by atoms with Crippen LogP contribution in [0.25, 0.3) is 5.69 Å².